The highest BCUT2D eigenvalue weighted by Gasteiger charge is 2.04. The van der Waals surface area contributed by atoms with Gasteiger partial charge in [0.15, 0.2) is 0 Å². The highest BCUT2D eigenvalue weighted by Crippen LogP contribution is 2.27. The first-order valence-corrected chi connectivity index (χ1v) is 5.00. The molecule has 1 aromatic carbocycles. The van der Waals surface area contributed by atoms with E-state index in [4.69, 9.17) is 0 Å². The minimum absolute atomic E-state index is 1.02. The van der Waals surface area contributed by atoms with Crippen LogP contribution >= 0.6 is 24.0 Å². The number of hydrogen-bond donors (Lipinski definition) is 1. The van der Waals surface area contributed by atoms with Crippen LogP contribution < -0.4 is 0 Å². The Morgan fingerprint density at radius 1 is 1.33 bits per heavy atom. The lowest BCUT2D eigenvalue weighted by molar-refractivity contribution is 1.28. The molecule has 0 spiro atoms. The Balaban J connectivity index is 2.89. The van der Waals surface area contributed by atoms with Gasteiger partial charge in [0.2, 0.25) is 0 Å². The Hall–Kier alpha value is -0.540. The smallest absolute Gasteiger partial charge is 0.0907 e. The number of benzene rings is 1. The normalized spacial score (nSPS) is 10.9. The molecule has 0 atom stereocenters. The Bertz CT molecular complexity index is 431. The number of thiol groups is 1. The Morgan fingerprint density at radius 2 is 2.08 bits per heavy atom. The van der Waals surface area contributed by atoms with Gasteiger partial charge < -0.3 is 0 Å². The molecule has 0 aliphatic heterocycles. The largest absolute Gasteiger partial charge is 0.241 e. The molecule has 62 valence electrons. The van der Waals surface area contributed by atoms with Crippen LogP contribution in [0.5, 0.6) is 0 Å². The van der Waals surface area contributed by atoms with Crippen molar-refractivity contribution < 1.29 is 0 Å². The predicted octanol–water partition coefficient (Wildman–Crippen LogP) is 3.20. The second-order valence-corrected chi connectivity index (χ2v) is 4.51. The maximum Gasteiger partial charge on any atom is 0.0907 e. The quantitative estimate of drug-likeness (QED) is 0.637. The van der Waals surface area contributed by atoms with Gasteiger partial charge in [-0.05, 0) is 31.5 Å². The summed E-state index contributed by atoms with van der Waals surface area (Å²) in [4.78, 5) is 5.46. The molecule has 0 bridgehead atoms. The number of hydrogen-bond acceptors (Lipinski definition) is 3. The molecule has 0 radical (unpaired) electrons. The first-order chi connectivity index (χ1) is 5.68. The van der Waals surface area contributed by atoms with E-state index in [2.05, 4.69) is 30.6 Å². The first-order valence-electron chi connectivity index (χ1n) is 3.74. The van der Waals surface area contributed by atoms with E-state index in [1.54, 1.807) is 11.3 Å². The van der Waals surface area contributed by atoms with Crippen molar-refractivity contribution in [3.63, 3.8) is 0 Å². The van der Waals surface area contributed by atoms with E-state index < -0.39 is 0 Å². The summed E-state index contributed by atoms with van der Waals surface area (Å²) in [6.45, 7) is 4.09. The van der Waals surface area contributed by atoms with E-state index in [1.807, 2.05) is 13.0 Å². The Morgan fingerprint density at radius 3 is 2.83 bits per heavy atom. The van der Waals surface area contributed by atoms with Gasteiger partial charge in [-0.15, -0.1) is 24.0 Å². The second kappa shape index (κ2) is 2.75. The molecule has 0 aliphatic rings. The molecule has 0 saturated carbocycles. The fraction of sp³-hybridized carbons (Fsp3) is 0.222. The molecule has 0 amide bonds. The van der Waals surface area contributed by atoms with Crippen molar-refractivity contribution in [2.24, 2.45) is 0 Å². The second-order valence-electron chi connectivity index (χ2n) is 2.79. The molecule has 1 heterocycles. The lowest BCUT2D eigenvalue weighted by Crippen LogP contribution is -1.78. The fourth-order valence-electron chi connectivity index (χ4n) is 1.23. The number of rotatable bonds is 0. The van der Waals surface area contributed by atoms with E-state index in [9.17, 15) is 0 Å². The molecule has 0 unspecified atom stereocenters. The topological polar surface area (TPSA) is 12.9 Å². The van der Waals surface area contributed by atoms with Gasteiger partial charge in [-0.1, -0.05) is 0 Å². The van der Waals surface area contributed by atoms with Crippen LogP contribution in [-0.4, -0.2) is 4.98 Å². The predicted molar refractivity (Wildman–Crippen MR) is 56.3 cm³/mol. The van der Waals surface area contributed by atoms with E-state index in [0.29, 0.717) is 0 Å². The molecule has 2 rings (SSSR count). The molecule has 0 N–H and O–H groups in total. The molecule has 1 nitrogen and oxygen atoms in total. The van der Waals surface area contributed by atoms with Gasteiger partial charge in [0, 0.05) is 4.90 Å². The molecule has 0 fully saturated rings. The van der Waals surface area contributed by atoms with Crippen molar-refractivity contribution in [1.82, 2.24) is 4.98 Å². The summed E-state index contributed by atoms with van der Waals surface area (Å²) in [5.41, 5.74) is 2.28. The summed E-state index contributed by atoms with van der Waals surface area (Å²) in [5.74, 6) is 0. The zero-order valence-electron chi connectivity index (χ0n) is 6.96. The third-order valence-corrected chi connectivity index (χ3v) is 3.31. The lowest BCUT2D eigenvalue weighted by atomic mass is 10.2. The van der Waals surface area contributed by atoms with Crippen molar-refractivity contribution in [3.05, 3.63) is 22.7 Å². The molecular weight excluding hydrogens is 186 g/mol. The lowest BCUT2D eigenvalue weighted by Gasteiger charge is -1.97. The van der Waals surface area contributed by atoms with E-state index in [0.717, 1.165) is 15.4 Å². The van der Waals surface area contributed by atoms with Crippen LogP contribution in [0.25, 0.3) is 10.2 Å². The summed E-state index contributed by atoms with van der Waals surface area (Å²) in [6.07, 6.45) is 0. The molecule has 2 aromatic rings. The van der Waals surface area contributed by atoms with Crippen LogP contribution in [0, 0.1) is 13.8 Å². The van der Waals surface area contributed by atoms with Crippen LogP contribution in [0.3, 0.4) is 0 Å². The molecule has 3 heteroatoms. The molecule has 12 heavy (non-hydrogen) atoms. The zero-order chi connectivity index (χ0) is 8.72. The van der Waals surface area contributed by atoms with Gasteiger partial charge in [-0.25, -0.2) is 4.98 Å². The maximum atomic E-state index is 4.44. The highest BCUT2D eigenvalue weighted by atomic mass is 32.1. The standard InChI is InChI=1S/C9H9NS2/c1-5-7(11)3-4-8-9(5)10-6(2)12-8/h3-4,11H,1-2H3. The number of aryl methyl sites for hydroxylation is 2. The monoisotopic (exact) mass is 195 g/mol. The van der Waals surface area contributed by atoms with Crippen LogP contribution in [-0.2, 0) is 0 Å². The summed E-state index contributed by atoms with van der Waals surface area (Å²) in [7, 11) is 0. The number of fused-ring (bicyclic) bond motifs is 1. The number of thiazole rings is 1. The van der Waals surface area contributed by atoms with Crippen molar-refractivity contribution in [1.29, 1.82) is 0 Å². The fourth-order valence-corrected chi connectivity index (χ4v) is 2.29. The van der Waals surface area contributed by atoms with Crippen molar-refractivity contribution in [3.8, 4) is 0 Å². The van der Waals surface area contributed by atoms with Crippen molar-refractivity contribution in [2.75, 3.05) is 0 Å². The minimum atomic E-state index is 1.02. The summed E-state index contributed by atoms with van der Waals surface area (Å²) in [6, 6.07) is 4.10. The van der Waals surface area contributed by atoms with Gasteiger partial charge in [0.1, 0.15) is 0 Å². The van der Waals surface area contributed by atoms with E-state index in [1.165, 1.54) is 10.3 Å². The Labute approximate surface area is 80.9 Å². The summed E-state index contributed by atoms with van der Waals surface area (Å²) >= 11 is 6.08. The number of aromatic nitrogens is 1. The zero-order valence-corrected chi connectivity index (χ0v) is 8.67. The van der Waals surface area contributed by atoms with Crippen LogP contribution in [0.2, 0.25) is 0 Å². The molecule has 0 aliphatic carbocycles. The van der Waals surface area contributed by atoms with Gasteiger partial charge >= 0.3 is 0 Å². The third kappa shape index (κ3) is 1.13. The van der Waals surface area contributed by atoms with Crippen molar-refractivity contribution >= 4 is 34.2 Å². The van der Waals surface area contributed by atoms with Gasteiger partial charge in [0.05, 0.1) is 15.2 Å². The average Bonchev–Trinajstić information content (AvgIpc) is 2.39. The molecule has 0 saturated heterocycles. The van der Waals surface area contributed by atoms with Crippen LogP contribution in [0.4, 0.5) is 0 Å². The average molecular weight is 195 g/mol. The number of nitrogens with zero attached hydrogens (tertiary/aromatic N) is 1. The highest BCUT2D eigenvalue weighted by molar-refractivity contribution is 7.80. The van der Waals surface area contributed by atoms with Gasteiger partial charge in [-0.2, -0.15) is 0 Å². The minimum Gasteiger partial charge on any atom is -0.241 e. The first kappa shape index (κ1) is 8.08. The molecular formula is C9H9NS2. The van der Waals surface area contributed by atoms with Crippen molar-refractivity contribution in [2.45, 2.75) is 18.7 Å². The van der Waals surface area contributed by atoms with E-state index in [-0.39, 0.29) is 0 Å². The van der Waals surface area contributed by atoms with E-state index >= 15 is 0 Å². The van der Waals surface area contributed by atoms with Crippen LogP contribution in [0.15, 0.2) is 17.0 Å². The van der Waals surface area contributed by atoms with Gasteiger partial charge in [0.25, 0.3) is 0 Å². The summed E-state index contributed by atoms with van der Waals surface area (Å²) < 4.78 is 1.25. The SMILES string of the molecule is Cc1nc2c(C)c(S)ccc2s1. The molecule has 1 aromatic heterocycles. The third-order valence-electron chi connectivity index (χ3n) is 1.89. The Kier molecular flexibility index (Phi) is 1.85. The van der Waals surface area contributed by atoms with Crippen LogP contribution in [0.1, 0.15) is 10.6 Å². The maximum absolute atomic E-state index is 4.44. The van der Waals surface area contributed by atoms with Gasteiger partial charge in [-0.3, -0.25) is 0 Å². The summed E-state index contributed by atoms with van der Waals surface area (Å²) in [5, 5.41) is 1.12.